The Kier molecular flexibility index (Phi) is 5.72. The number of rotatable bonds is 4. The summed E-state index contributed by atoms with van der Waals surface area (Å²) < 4.78 is 5.05. The second-order valence-corrected chi connectivity index (χ2v) is 6.96. The topological polar surface area (TPSA) is 104 Å². The molecule has 0 spiro atoms. The summed E-state index contributed by atoms with van der Waals surface area (Å²) in [5, 5.41) is 16.3. The Morgan fingerprint density at radius 1 is 1.32 bits per heavy atom. The van der Waals surface area contributed by atoms with Gasteiger partial charge in [0, 0.05) is 10.9 Å². The van der Waals surface area contributed by atoms with Crippen molar-refractivity contribution in [2.45, 2.75) is 26.4 Å². The van der Waals surface area contributed by atoms with Crippen LogP contribution in [0.15, 0.2) is 29.6 Å². The smallest absolute Gasteiger partial charge is 0.408 e. The fourth-order valence-electron chi connectivity index (χ4n) is 1.89. The van der Waals surface area contributed by atoms with Crippen LogP contribution in [0.3, 0.4) is 0 Å². The number of amides is 2. The average molecular weight is 358 g/mol. The molecule has 7 nitrogen and oxygen atoms in total. The van der Waals surface area contributed by atoms with Crippen molar-refractivity contribution in [1.29, 1.82) is 5.26 Å². The van der Waals surface area contributed by atoms with Crippen molar-refractivity contribution in [1.82, 2.24) is 10.3 Å². The molecule has 2 N–H and O–H groups in total. The van der Waals surface area contributed by atoms with Gasteiger partial charge in [-0.1, -0.05) is 18.2 Å². The van der Waals surface area contributed by atoms with E-state index in [0.717, 1.165) is 0 Å². The molecule has 0 aliphatic rings. The molecule has 0 aliphatic carbocycles. The molecule has 0 bridgehead atoms. The van der Waals surface area contributed by atoms with Gasteiger partial charge in [-0.25, -0.2) is 9.78 Å². The monoisotopic (exact) mass is 358 g/mol. The maximum absolute atomic E-state index is 11.9. The van der Waals surface area contributed by atoms with Crippen LogP contribution in [0, 0.1) is 11.3 Å². The van der Waals surface area contributed by atoms with Crippen molar-refractivity contribution in [3.63, 3.8) is 0 Å². The number of aromatic nitrogens is 1. The van der Waals surface area contributed by atoms with Crippen molar-refractivity contribution in [2.75, 3.05) is 11.9 Å². The van der Waals surface area contributed by atoms with Gasteiger partial charge in [-0.2, -0.15) is 5.26 Å². The Balaban J connectivity index is 1.94. The summed E-state index contributed by atoms with van der Waals surface area (Å²) in [6.45, 7) is 4.99. The molecule has 1 heterocycles. The summed E-state index contributed by atoms with van der Waals surface area (Å²) >= 11 is 1.24. The second kappa shape index (κ2) is 7.77. The summed E-state index contributed by atoms with van der Waals surface area (Å²) in [5.41, 5.74) is 1.20. The van der Waals surface area contributed by atoms with E-state index in [2.05, 4.69) is 21.7 Å². The first-order chi connectivity index (χ1) is 11.8. The molecule has 1 aromatic heterocycles. The largest absolute Gasteiger partial charge is 0.444 e. The number of nitrogens with zero attached hydrogens (tertiary/aromatic N) is 2. The number of hydrogen-bond donors (Lipinski definition) is 2. The Hall–Kier alpha value is -2.92. The molecule has 2 rings (SSSR count). The standard InChI is InChI=1S/C17H18N4O3S/c1-17(2,3)24-16(23)19-9-14(22)21-15-20-13(10-25-15)12-7-5-4-6-11(12)8-18/h4-7,10H,9H2,1-3H3,(H,19,23)(H,20,21,22). The van der Waals surface area contributed by atoms with Crippen LogP contribution in [0.2, 0.25) is 0 Å². The van der Waals surface area contributed by atoms with Gasteiger partial charge in [0.1, 0.15) is 12.1 Å². The zero-order valence-corrected chi connectivity index (χ0v) is 14.9. The first-order valence-electron chi connectivity index (χ1n) is 7.50. The molecule has 0 saturated heterocycles. The van der Waals surface area contributed by atoms with Crippen LogP contribution in [0.4, 0.5) is 9.93 Å². The van der Waals surface area contributed by atoms with Crippen molar-refractivity contribution in [3.05, 3.63) is 35.2 Å². The van der Waals surface area contributed by atoms with E-state index >= 15 is 0 Å². The molecule has 0 fully saturated rings. The maximum atomic E-state index is 11.9. The zero-order valence-electron chi connectivity index (χ0n) is 14.1. The molecule has 0 aliphatic heterocycles. The van der Waals surface area contributed by atoms with Gasteiger partial charge in [-0.05, 0) is 26.8 Å². The van der Waals surface area contributed by atoms with E-state index in [4.69, 9.17) is 10.00 Å². The molecule has 0 radical (unpaired) electrons. The van der Waals surface area contributed by atoms with Gasteiger partial charge >= 0.3 is 6.09 Å². The maximum Gasteiger partial charge on any atom is 0.408 e. The van der Waals surface area contributed by atoms with Crippen molar-refractivity contribution < 1.29 is 14.3 Å². The number of nitrogens with one attached hydrogen (secondary N) is 2. The lowest BCUT2D eigenvalue weighted by atomic mass is 10.1. The van der Waals surface area contributed by atoms with Gasteiger partial charge in [0.05, 0.1) is 17.3 Å². The highest BCUT2D eigenvalue weighted by atomic mass is 32.1. The SMILES string of the molecule is CC(C)(C)OC(=O)NCC(=O)Nc1nc(-c2ccccc2C#N)cs1. The van der Waals surface area contributed by atoms with Crippen molar-refractivity contribution >= 4 is 28.5 Å². The Bertz CT molecular complexity index is 818. The quantitative estimate of drug-likeness (QED) is 0.874. The summed E-state index contributed by atoms with van der Waals surface area (Å²) in [7, 11) is 0. The average Bonchev–Trinajstić information content (AvgIpc) is 2.99. The van der Waals surface area contributed by atoms with E-state index in [1.54, 1.807) is 44.4 Å². The highest BCUT2D eigenvalue weighted by Gasteiger charge is 2.17. The minimum absolute atomic E-state index is 0.224. The summed E-state index contributed by atoms with van der Waals surface area (Å²) in [6.07, 6.45) is -0.662. The molecule has 1 aromatic carbocycles. The highest BCUT2D eigenvalue weighted by molar-refractivity contribution is 7.14. The van der Waals surface area contributed by atoms with E-state index in [-0.39, 0.29) is 6.54 Å². The van der Waals surface area contributed by atoms with E-state index in [9.17, 15) is 9.59 Å². The predicted molar refractivity (Wildman–Crippen MR) is 95.1 cm³/mol. The minimum Gasteiger partial charge on any atom is -0.444 e. The molecule has 130 valence electrons. The van der Waals surface area contributed by atoms with Gasteiger partial charge in [-0.15, -0.1) is 11.3 Å². The lowest BCUT2D eigenvalue weighted by molar-refractivity contribution is -0.115. The number of thiazole rings is 1. The first kappa shape index (κ1) is 18.4. The van der Waals surface area contributed by atoms with Gasteiger partial charge in [0.15, 0.2) is 5.13 Å². The zero-order chi connectivity index (χ0) is 18.4. The van der Waals surface area contributed by atoms with Gasteiger partial charge in [0.25, 0.3) is 0 Å². The van der Waals surface area contributed by atoms with Crippen LogP contribution in [0.25, 0.3) is 11.3 Å². The fourth-order valence-corrected chi connectivity index (χ4v) is 2.62. The van der Waals surface area contributed by atoms with E-state index in [1.165, 1.54) is 11.3 Å². The summed E-state index contributed by atoms with van der Waals surface area (Å²) in [6, 6.07) is 9.21. The second-order valence-electron chi connectivity index (χ2n) is 6.10. The lowest BCUT2D eigenvalue weighted by Gasteiger charge is -2.19. The Labute approximate surface area is 149 Å². The molecule has 0 saturated carbocycles. The van der Waals surface area contributed by atoms with Crippen molar-refractivity contribution in [2.24, 2.45) is 0 Å². The number of nitriles is 1. The van der Waals surface area contributed by atoms with Gasteiger partial charge in [0.2, 0.25) is 5.91 Å². The molecule has 25 heavy (non-hydrogen) atoms. The van der Waals surface area contributed by atoms with Gasteiger partial charge < -0.3 is 15.4 Å². The van der Waals surface area contributed by atoms with Crippen molar-refractivity contribution in [3.8, 4) is 17.3 Å². The van der Waals surface area contributed by atoms with Crippen LogP contribution in [0.1, 0.15) is 26.3 Å². The minimum atomic E-state index is -0.662. The molecule has 2 amide bonds. The fraction of sp³-hybridized carbons (Fsp3) is 0.294. The molecular weight excluding hydrogens is 340 g/mol. The number of benzene rings is 1. The predicted octanol–water partition coefficient (Wildman–Crippen LogP) is 3.14. The number of alkyl carbamates (subject to hydrolysis) is 1. The summed E-state index contributed by atoms with van der Waals surface area (Å²) in [5.74, 6) is -0.416. The molecule has 0 atom stereocenters. The lowest BCUT2D eigenvalue weighted by Crippen LogP contribution is -2.37. The number of carbonyl (C=O) groups is 2. The van der Waals surface area contributed by atoms with E-state index in [1.807, 2.05) is 6.07 Å². The first-order valence-corrected chi connectivity index (χ1v) is 8.38. The Morgan fingerprint density at radius 3 is 2.72 bits per heavy atom. The Morgan fingerprint density at radius 2 is 2.04 bits per heavy atom. The van der Waals surface area contributed by atoms with Gasteiger partial charge in [-0.3, -0.25) is 4.79 Å². The van der Waals surface area contributed by atoms with Crippen LogP contribution >= 0.6 is 11.3 Å². The third-order valence-electron chi connectivity index (χ3n) is 2.87. The summed E-state index contributed by atoms with van der Waals surface area (Å²) in [4.78, 5) is 27.7. The van der Waals surface area contributed by atoms with E-state index in [0.29, 0.717) is 22.0 Å². The third kappa shape index (κ3) is 5.58. The molecule has 0 unspecified atom stereocenters. The van der Waals surface area contributed by atoms with Crippen LogP contribution in [-0.4, -0.2) is 29.1 Å². The van der Waals surface area contributed by atoms with Crippen LogP contribution in [0.5, 0.6) is 0 Å². The number of ether oxygens (including phenoxy) is 1. The number of anilines is 1. The highest BCUT2D eigenvalue weighted by Crippen LogP contribution is 2.27. The number of hydrogen-bond acceptors (Lipinski definition) is 6. The van der Waals surface area contributed by atoms with Crippen LogP contribution < -0.4 is 10.6 Å². The van der Waals surface area contributed by atoms with E-state index < -0.39 is 17.6 Å². The molecule has 8 heteroatoms. The molecule has 2 aromatic rings. The normalized spacial score (nSPS) is 10.6. The molecular formula is C17H18N4O3S. The number of carbonyl (C=O) groups excluding carboxylic acids is 2. The third-order valence-corrected chi connectivity index (χ3v) is 3.62. The van der Waals surface area contributed by atoms with Crippen LogP contribution in [-0.2, 0) is 9.53 Å².